The Bertz CT molecular complexity index is 267. The first-order chi connectivity index (χ1) is 11.2. The van der Waals surface area contributed by atoms with E-state index in [1.54, 1.807) is 0 Å². The number of nitrogens with two attached hydrogens (primary N) is 2. The van der Waals surface area contributed by atoms with Gasteiger partial charge < -0.3 is 11.5 Å². The number of unbranched alkanes of at least 4 members (excludes halogenated alkanes) is 15. The fraction of sp³-hybridized carbons (Fsp3) is 0.905. The minimum atomic E-state index is 0.519. The molecule has 0 aromatic heterocycles. The fourth-order valence-corrected chi connectivity index (χ4v) is 3.08. The van der Waals surface area contributed by atoms with E-state index in [4.69, 9.17) is 11.5 Å². The van der Waals surface area contributed by atoms with Gasteiger partial charge in [-0.25, -0.2) is 0 Å². The quantitative estimate of drug-likeness (QED) is 0.289. The predicted octanol–water partition coefficient (Wildman–Crippen LogP) is 6.79. The molecule has 23 heavy (non-hydrogen) atoms. The van der Waals surface area contributed by atoms with E-state index < -0.39 is 0 Å². The number of allylic oxidation sites excluding steroid dienone is 1. The molecule has 4 N–H and O–H groups in total. The Morgan fingerprint density at radius 1 is 0.522 bits per heavy atom. The summed E-state index contributed by atoms with van der Waals surface area (Å²) in [6.07, 6.45) is 23.7. The molecule has 0 atom stereocenters. The highest BCUT2D eigenvalue weighted by molar-refractivity contribution is 5.03. The predicted molar refractivity (Wildman–Crippen MR) is 105 cm³/mol. The molecule has 0 saturated heterocycles. The molecule has 0 aromatic carbocycles. The molecule has 138 valence electrons. The molecule has 0 fully saturated rings. The van der Waals surface area contributed by atoms with E-state index >= 15 is 0 Å². The van der Waals surface area contributed by atoms with E-state index in [0.29, 0.717) is 5.82 Å². The summed E-state index contributed by atoms with van der Waals surface area (Å²) in [5, 5.41) is 0. The topological polar surface area (TPSA) is 52.0 Å². The molecular weight excluding hydrogens is 280 g/mol. The first-order valence-corrected chi connectivity index (χ1v) is 10.4. The van der Waals surface area contributed by atoms with Crippen LogP contribution in [0.25, 0.3) is 0 Å². The van der Waals surface area contributed by atoms with Gasteiger partial charge in [0, 0.05) is 0 Å². The molecule has 0 rings (SSSR count). The summed E-state index contributed by atoms with van der Waals surface area (Å²) < 4.78 is 0. The van der Waals surface area contributed by atoms with Gasteiger partial charge in [-0.2, -0.15) is 0 Å². The van der Waals surface area contributed by atoms with Crippen LogP contribution in [0.2, 0.25) is 0 Å². The van der Waals surface area contributed by atoms with Crippen LogP contribution in [-0.4, -0.2) is 0 Å². The van der Waals surface area contributed by atoms with Gasteiger partial charge in [0.1, 0.15) is 0 Å². The summed E-state index contributed by atoms with van der Waals surface area (Å²) >= 11 is 0. The summed E-state index contributed by atoms with van der Waals surface area (Å²) in [4.78, 5) is 0. The maximum atomic E-state index is 5.56. The molecule has 0 aliphatic rings. The molecule has 0 aliphatic heterocycles. The molecule has 0 saturated carbocycles. The Hall–Kier alpha value is -0.660. The summed E-state index contributed by atoms with van der Waals surface area (Å²) in [5.74, 6) is 0.519. The van der Waals surface area contributed by atoms with Crippen LogP contribution < -0.4 is 11.5 Å². The van der Waals surface area contributed by atoms with Crippen molar-refractivity contribution < 1.29 is 0 Å². The lowest BCUT2D eigenvalue weighted by molar-refractivity contribution is 0.529. The lowest BCUT2D eigenvalue weighted by atomic mass is 10.0. The summed E-state index contributed by atoms with van der Waals surface area (Å²) in [5.41, 5.74) is 12.3. The number of hydrogen-bond donors (Lipinski definition) is 2. The van der Waals surface area contributed by atoms with Crippen LogP contribution in [0.4, 0.5) is 0 Å². The van der Waals surface area contributed by atoms with Gasteiger partial charge in [0.2, 0.25) is 0 Å². The monoisotopic (exact) mass is 324 g/mol. The van der Waals surface area contributed by atoms with Gasteiger partial charge in [-0.05, 0) is 25.3 Å². The van der Waals surface area contributed by atoms with Crippen LogP contribution in [0.15, 0.2) is 11.4 Å². The van der Waals surface area contributed by atoms with Gasteiger partial charge in [0.05, 0.1) is 5.82 Å². The molecule has 0 aromatic rings. The standard InChI is InChI=1S/C21H44N2/c1-3-4-5-6-7-8-9-10-11-12-13-14-15-16-17-18-19-20(2)21(22)23/h3-19,22-23H2,1-2H3. The van der Waals surface area contributed by atoms with Crippen molar-refractivity contribution in [2.45, 2.75) is 123 Å². The summed E-state index contributed by atoms with van der Waals surface area (Å²) in [6.45, 7) is 4.33. The first kappa shape index (κ1) is 22.3. The Labute approximate surface area is 146 Å². The van der Waals surface area contributed by atoms with Crippen LogP contribution >= 0.6 is 0 Å². The van der Waals surface area contributed by atoms with Crippen molar-refractivity contribution in [1.82, 2.24) is 0 Å². The van der Waals surface area contributed by atoms with E-state index in [1.165, 1.54) is 103 Å². The van der Waals surface area contributed by atoms with Crippen LogP contribution in [0, 0.1) is 0 Å². The Balaban J connectivity index is 3.07. The highest BCUT2D eigenvalue weighted by Gasteiger charge is 1.96. The smallest absolute Gasteiger partial charge is 0.0922 e. The van der Waals surface area contributed by atoms with Gasteiger partial charge in [0.15, 0.2) is 0 Å². The largest absolute Gasteiger partial charge is 0.386 e. The molecule has 0 amide bonds. The minimum absolute atomic E-state index is 0.519. The first-order valence-electron chi connectivity index (χ1n) is 10.4. The van der Waals surface area contributed by atoms with E-state index in [0.717, 1.165) is 12.0 Å². The maximum absolute atomic E-state index is 5.56. The number of rotatable bonds is 17. The van der Waals surface area contributed by atoms with E-state index in [-0.39, 0.29) is 0 Å². The average molecular weight is 325 g/mol. The van der Waals surface area contributed by atoms with E-state index in [9.17, 15) is 0 Å². The van der Waals surface area contributed by atoms with Crippen molar-refractivity contribution in [3.63, 3.8) is 0 Å². The van der Waals surface area contributed by atoms with E-state index in [1.807, 2.05) is 6.92 Å². The van der Waals surface area contributed by atoms with Crippen LogP contribution in [0.5, 0.6) is 0 Å². The van der Waals surface area contributed by atoms with E-state index in [2.05, 4.69) is 6.92 Å². The molecule has 0 aliphatic carbocycles. The molecule has 2 nitrogen and oxygen atoms in total. The van der Waals surface area contributed by atoms with Crippen molar-refractivity contribution in [2.75, 3.05) is 0 Å². The third-order valence-corrected chi connectivity index (χ3v) is 4.90. The second-order valence-electron chi connectivity index (χ2n) is 7.29. The van der Waals surface area contributed by atoms with Gasteiger partial charge in [0.25, 0.3) is 0 Å². The highest BCUT2D eigenvalue weighted by atomic mass is 14.8. The van der Waals surface area contributed by atoms with Gasteiger partial charge in [-0.15, -0.1) is 0 Å². The van der Waals surface area contributed by atoms with Crippen molar-refractivity contribution in [2.24, 2.45) is 11.5 Å². The lowest BCUT2D eigenvalue weighted by Gasteiger charge is -2.04. The number of hydrogen-bond acceptors (Lipinski definition) is 2. The minimum Gasteiger partial charge on any atom is -0.386 e. The molecule has 0 bridgehead atoms. The zero-order valence-corrected chi connectivity index (χ0v) is 16.2. The molecule has 0 heterocycles. The normalized spacial score (nSPS) is 10.9. The zero-order valence-electron chi connectivity index (χ0n) is 16.2. The second kappa shape index (κ2) is 17.7. The molecule has 0 spiro atoms. The van der Waals surface area contributed by atoms with Crippen LogP contribution in [0.1, 0.15) is 123 Å². The Morgan fingerprint density at radius 3 is 1.13 bits per heavy atom. The lowest BCUT2D eigenvalue weighted by Crippen LogP contribution is -2.10. The SMILES string of the molecule is CCCCCCCCCCCCCCCCCCC(C)=C(N)N. The third kappa shape index (κ3) is 17.5. The maximum Gasteiger partial charge on any atom is 0.0922 e. The van der Waals surface area contributed by atoms with Gasteiger partial charge in [-0.1, -0.05) is 103 Å². The average Bonchev–Trinajstić information content (AvgIpc) is 2.54. The fourth-order valence-electron chi connectivity index (χ4n) is 3.08. The van der Waals surface area contributed by atoms with Crippen molar-refractivity contribution in [1.29, 1.82) is 0 Å². The van der Waals surface area contributed by atoms with Crippen molar-refractivity contribution >= 4 is 0 Å². The van der Waals surface area contributed by atoms with Crippen LogP contribution in [0.3, 0.4) is 0 Å². The van der Waals surface area contributed by atoms with Gasteiger partial charge >= 0.3 is 0 Å². The summed E-state index contributed by atoms with van der Waals surface area (Å²) in [7, 11) is 0. The zero-order chi connectivity index (χ0) is 17.2. The third-order valence-electron chi connectivity index (χ3n) is 4.90. The molecule has 0 radical (unpaired) electrons. The second-order valence-corrected chi connectivity index (χ2v) is 7.29. The molecule has 0 unspecified atom stereocenters. The summed E-state index contributed by atoms with van der Waals surface area (Å²) in [6, 6.07) is 0. The molecule has 2 heteroatoms. The van der Waals surface area contributed by atoms with Gasteiger partial charge in [-0.3, -0.25) is 0 Å². The molecular formula is C21H44N2. The van der Waals surface area contributed by atoms with Crippen molar-refractivity contribution in [3.8, 4) is 0 Å². The Morgan fingerprint density at radius 2 is 0.826 bits per heavy atom. The Kier molecular flexibility index (Phi) is 17.2. The van der Waals surface area contributed by atoms with Crippen LogP contribution in [-0.2, 0) is 0 Å². The van der Waals surface area contributed by atoms with Crippen molar-refractivity contribution in [3.05, 3.63) is 11.4 Å². The highest BCUT2D eigenvalue weighted by Crippen LogP contribution is 2.15.